The zero-order valence-corrected chi connectivity index (χ0v) is 39.8. The molecule has 2 N–H and O–H groups in total. The first-order valence-corrected chi connectivity index (χ1v) is 25.0. The van der Waals surface area contributed by atoms with Gasteiger partial charge in [0.1, 0.15) is 29.9 Å². The van der Waals surface area contributed by atoms with Gasteiger partial charge < -0.3 is 48.2 Å². The van der Waals surface area contributed by atoms with Gasteiger partial charge in [0.25, 0.3) is 0 Å². The molecular formula is C55H63ClN2O11. The van der Waals surface area contributed by atoms with Crippen LogP contribution in [0.1, 0.15) is 81.3 Å². The number of rotatable bonds is 21. The highest BCUT2D eigenvalue weighted by atomic mass is 35.5. The summed E-state index contributed by atoms with van der Waals surface area (Å²) in [4.78, 5) is 22.8. The highest BCUT2D eigenvalue weighted by Crippen LogP contribution is 2.62. The van der Waals surface area contributed by atoms with Crippen LogP contribution in [-0.2, 0) is 25.6 Å². The number of hydrogen-bond acceptors (Lipinski definition) is 12. The summed E-state index contributed by atoms with van der Waals surface area (Å²) in [6.45, 7) is 5.09. The Hall–Kier alpha value is -5.57. The lowest BCUT2D eigenvalue weighted by Crippen LogP contribution is -2.70. The van der Waals surface area contributed by atoms with E-state index in [0.29, 0.717) is 60.3 Å². The molecule has 0 aromatic heterocycles. The number of carbonyl (C=O) groups excluding carboxylic acids is 1. The Morgan fingerprint density at radius 1 is 0.884 bits per heavy atom. The summed E-state index contributed by atoms with van der Waals surface area (Å²) < 4.78 is 44.7. The van der Waals surface area contributed by atoms with Gasteiger partial charge in [0.2, 0.25) is 18.9 Å². The molecule has 2 fully saturated rings. The minimum atomic E-state index is -1.52. The Labute approximate surface area is 409 Å². The third kappa shape index (κ3) is 10.8. The Morgan fingerprint density at radius 2 is 1.65 bits per heavy atom. The molecule has 0 bridgehead atoms. The van der Waals surface area contributed by atoms with Crippen molar-refractivity contribution < 1.29 is 53.0 Å². The number of aliphatic hydroxyl groups is 2. The number of fused-ring (bicyclic) bond motifs is 3. The standard InChI is InChI=1S/C55H63ClN2O11/c1-2-28-66-55-50(58(54(61)63-30-25-56)35-37-17-23-48-49(31-37)65-36-64-48)34-46(57-69-51-16-8-11-29-62-51)44-32-40(14-6-9-26-59)43(15-7-10-27-60)52(53(44)55)45-33-42(22-24-47(45)68-55)67-41-20-18-39(19-21-41)38-12-4-3-5-13-38/h2-5,12-13,17-24,31-33,40,43,50-53,59-60H,1,6-11,14-16,25-30,34-36H2/t40-,43+,50-,51?,52+,53+,55+/m0/s1. The number of amides is 1. The minimum Gasteiger partial charge on any atom is -0.459 e. The average Bonchev–Trinajstić information content (AvgIpc) is 3.86. The maximum Gasteiger partial charge on any atom is 0.410 e. The van der Waals surface area contributed by atoms with Crippen LogP contribution in [0.4, 0.5) is 4.79 Å². The van der Waals surface area contributed by atoms with Gasteiger partial charge in [-0.05, 0) is 115 Å². The first-order valence-electron chi connectivity index (χ1n) is 24.5. The first-order chi connectivity index (χ1) is 33.9. The molecule has 3 aliphatic heterocycles. The molecule has 7 atom stereocenters. The maximum absolute atomic E-state index is 14.8. The number of unbranched alkanes of at least 4 members (excludes halogenated alkanes) is 2. The molecule has 2 aliphatic carbocycles. The van der Waals surface area contributed by atoms with Crippen LogP contribution < -0.4 is 18.9 Å². The fourth-order valence-corrected chi connectivity index (χ4v) is 10.9. The van der Waals surface area contributed by atoms with E-state index in [2.05, 4.69) is 43.0 Å². The Kier molecular flexibility index (Phi) is 16.1. The molecule has 69 heavy (non-hydrogen) atoms. The Morgan fingerprint density at radius 3 is 2.42 bits per heavy atom. The van der Waals surface area contributed by atoms with E-state index in [4.69, 9.17) is 54.8 Å². The van der Waals surface area contributed by atoms with Crippen LogP contribution in [0.25, 0.3) is 11.1 Å². The third-order valence-corrected chi connectivity index (χ3v) is 14.1. The second-order valence-electron chi connectivity index (χ2n) is 18.3. The normalized spacial score (nSPS) is 24.9. The zero-order chi connectivity index (χ0) is 47.6. The number of oxime groups is 1. The summed E-state index contributed by atoms with van der Waals surface area (Å²) in [6.07, 6.45) is 10.1. The van der Waals surface area contributed by atoms with Gasteiger partial charge in [-0.2, -0.15) is 0 Å². The number of ether oxygens (including phenoxy) is 7. The van der Waals surface area contributed by atoms with Crippen LogP contribution in [0.5, 0.6) is 28.7 Å². The summed E-state index contributed by atoms with van der Waals surface area (Å²) in [6, 6.07) is 29.0. The summed E-state index contributed by atoms with van der Waals surface area (Å²) in [5.41, 5.74) is 5.47. The highest BCUT2D eigenvalue weighted by molar-refractivity contribution is 6.18. The number of alkyl halides is 1. The molecule has 1 saturated carbocycles. The predicted octanol–water partition coefficient (Wildman–Crippen LogP) is 10.9. The molecule has 14 heteroatoms. The van der Waals surface area contributed by atoms with Crippen molar-refractivity contribution in [3.05, 3.63) is 126 Å². The molecule has 5 aliphatic rings. The van der Waals surface area contributed by atoms with E-state index in [0.717, 1.165) is 66.4 Å². The van der Waals surface area contributed by atoms with E-state index in [1.165, 1.54) is 0 Å². The van der Waals surface area contributed by atoms with E-state index in [-0.39, 0.29) is 69.8 Å². The minimum absolute atomic E-state index is 0.00635. The molecule has 3 heterocycles. The first kappa shape index (κ1) is 48.5. The highest BCUT2D eigenvalue weighted by Gasteiger charge is 2.66. The van der Waals surface area contributed by atoms with E-state index < -0.39 is 30.1 Å². The number of carbonyl (C=O) groups is 1. The van der Waals surface area contributed by atoms with Gasteiger partial charge in [-0.3, -0.25) is 4.90 Å². The second kappa shape index (κ2) is 22.9. The van der Waals surface area contributed by atoms with Crippen molar-refractivity contribution in [1.29, 1.82) is 0 Å². The summed E-state index contributed by atoms with van der Waals surface area (Å²) in [5, 5.41) is 25.1. The number of nitrogens with zero attached hydrogens (tertiary/aromatic N) is 2. The van der Waals surface area contributed by atoms with Gasteiger partial charge in [0.15, 0.2) is 11.5 Å². The molecule has 13 nitrogen and oxygen atoms in total. The number of hydrogen-bond donors (Lipinski definition) is 2. The smallest absolute Gasteiger partial charge is 0.410 e. The fraction of sp³-hybridized carbons (Fsp3) is 0.455. The average molecular weight is 964 g/mol. The van der Waals surface area contributed by atoms with Gasteiger partial charge in [0, 0.05) is 44.1 Å². The number of allylic oxidation sites excluding steroid dienone is 1. The van der Waals surface area contributed by atoms with Crippen LogP contribution in [0.3, 0.4) is 0 Å². The molecular weight excluding hydrogens is 900 g/mol. The van der Waals surface area contributed by atoms with Crippen LogP contribution in [0, 0.1) is 17.8 Å². The lowest BCUT2D eigenvalue weighted by atomic mass is 9.55. The molecule has 1 saturated heterocycles. The quantitative estimate of drug-likeness (QED) is 0.0356. The van der Waals surface area contributed by atoms with Crippen LogP contribution in [-0.4, -0.2) is 90.7 Å². The summed E-state index contributed by atoms with van der Waals surface area (Å²) >= 11 is 6.17. The van der Waals surface area contributed by atoms with Crippen molar-refractivity contribution in [1.82, 2.24) is 4.90 Å². The summed E-state index contributed by atoms with van der Waals surface area (Å²) in [7, 11) is 0. The number of benzene rings is 4. The largest absolute Gasteiger partial charge is 0.459 e. The van der Waals surface area contributed by atoms with E-state index in [1.807, 2.05) is 60.7 Å². The summed E-state index contributed by atoms with van der Waals surface area (Å²) in [5.74, 6) is 0.929. The molecule has 1 amide bonds. The second-order valence-corrected chi connectivity index (χ2v) is 18.7. The lowest BCUT2D eigenvalue weighted by molar-refractivity contribution is -0.256. The van der Waals surface area contributed by atoms with Gasteiger partial charge in [-0.1, -0.05) is 78.7 Å². The van der Waals surface area contributed by atoms with Crippen LogP contribution in [0.15, 0.2) is 120 Å². The molecule has 1 unspecified atom stereocenters. The van der Waals surface area contributed by atoms with Gasteiger partial charge in [-0.15, -0.1) is 18.2 Å². The van der Waals surface area contributed by atoms with Crippen molar-refractivity contribution in [3.63, 3.8) is 0 Å². The number of halogens is 1. The van der Waals surface area contributed by atoms with Gasteiger partial charge >= 0.3 is 6.09 Å². The van der Waals surface area contributed by atoms with E-state index >= 15 is 0 Å². The number of aliphatic hydroxyl groups excluding tert-OH is 2. The molecule has 4 aromatic carbocycles. The van der Waals surface area contributed by atoms with Crippen molar-refractivity contribution >= 4 is 23.4 Å². The Balaban J connectivity index is 1.21. The van der Waals surface area contributed by atoms with Gasteiger partial charge in [0.05, 0.1) is 30.7 Å². The monoisotopic (exact) mass is 962 g/mol. The van der Waals surface area contributed by atoms with Crippen LogP contribution in [0.2, 0.25) is 0 Å². The van der Waals surface area contributed by atoms with E-state index in [9.17, 15) is 15.0 Å². The molecule has 0 spiro atoms. The SMILES string of the molecule is C=CCO[C@@]12Oc3ccc(Oc4ccc(-c5ccccc5)cc4)cc3[C@H]3[C@H](CCCCO)[C@@H](CCCCO)C=C(C(=NOC4CCCCO4)C[C@@H]1N(Cc1ccc4c(c1)OCO4)C(=O)OCCCl)[C@H]32. The topological polar surface area (TPSA) is 147 Å². The maximum atomic E-state index is 14.8. The molecule has 4 aromatic rings. The van der Waals surface area contributed by atoms with Crippen molar-refractivity contribution in [2.24, 2.45) is 22.9 Å². The lowest BCUT2D eigenvalue weighted by Gasteiger charge is -2.59. The van der Waals surface area contributed by atoms with Crippen LogP contribution >= 0.6 is 11.6 Å². The van der Waals surface area contributed by atoms with Crippen molar-refractivity contribution in [3.8, 4) is 39.9 Å². The molecule has 9 rings (SSSR count). The third-order valence-electron chi connectivity index (χ3n) is 14.0. The van der Waals surface area contributed by atoms with Gasteiger partial charge in [-0.25, -0.2) is 4.79 Å². The fourth-order valence-electron chi connectivity index (χ4n) is 10.9. The molecule has 366 valence electrons. The van der Waals surface area contributed by atoms with E-state index in [1.54, 1.807) is 11.0 Å². The Bertz CT molecular complexity index is 2430. The predicted molar refractivity (Wildman–Crippen MR) is 262 cm³/mol. The molecule has 0 radical (unpaired) electrons. The zero-order valence-electron chi connectivity index (χ0n) is 39.1. The van der Waals surface area contributed by atoms with Crippen molar-refractivity contribution in [2.45, 2.75) is 94.8 Å². The van der Waals surface area contributed by atoms with Crippen molar-refractivity contribution in [2.75, 3.05) is 45.7 Å².